The first kappa shape index (κ1) is 42.2. The zero-order valence-corrected chi connectivity index (χ0v) is 31.9. The minimum Gasteiger partial charge on any atom is -0.246 e. The highest BCUT2D eigenvalue weighted by atomic mass is 14.8. The monoisotopic (exact) mass is 665 g/mol. The lowest BCUT2D eigenvalue weighted by atomic mass is 10.0. The molecular weight excluding hydrogens is 593 g/mol. The second-order valence-electron chi connectivity index (χ2n) is 14.0. The van der Waals surface area contributed by atoms with E-state index in [-0.39, 0.29) is 0 Å². The van der Waals surface area contributed by atoms with Crippen LogP contribution in [0.3, 0.4) is 0 Å². The molecule has 0 heterocycles. The van der Waals surface area contributed by atoms with Crippen molar-refractivity contribution in [2.45, 2.75) is 187 Å². The van der Waals surface area contributed by atoms with Crippen LogP contribution in [-0.2, 0) is 0 Å². The van der Waals surface area contributed by atoms with E-state index in [1.807, 2.05) is 48.5 Å². The second-order valence-corrected chi connectivity index (χ2v) is 14.0. The molecule has 0 saturated carbocycles. The summed E-state index contributed by atoms with van der Waals surface area (Å²) in [6.45, 7) is 4.59. The number of aliphatic imine (C=N–C) groups is 2. The molecule has 0 spiro atoms. The number of benzene rings is 2. The number of unbranched alkanes of at least 4 members (excludes halogenated alkanes) is 25. The molecule has 2 heteroatoms. The molecule has 0 N–H and O–H groups in total. The molecule has 0 aromatic heterocycles. The normalized spacial score (nSPS) is 12.0. The van der Waals surface area contributed by atoms with Gasteiger partial charge in [-0.2, -0.15) is 0 Å². The van der Waals surface area contributed by atoms with Gasteiger partial charge in [-0.1, -0.05) is 210 Å². The summed E-state index contributed by atoms with van der Waals surface area (Å²) in [6, 6.07) is 20.4. The van der Waals surface area contributed by atoms with Crippen molar-refractivity contribution in [2.24, 2.45) is 9.98 Å². The third-order valence-corrected chi connectivity index (χ3v) is 9.36. The van der Waals surface area contributed by atoms with Crippen molar-refractivity contribution in [2.75, 3.05) is 0 Å². The number of allylic oxidation sites excluding steroid dienone is 2. The largest absolute Gasteiger partial charge is 0.246 e. The molecule has 2 nitrogen and oxygen atoms in total. The Bertz CT molecular complexity index is 1160. The van der Waals surface area contributed by atoms with Crippen LogP contribution in [0, 0.1) is 11.8 Å². The van der Waals surface area contributed by atoms with Crippen LogP contribution in [0.2, 0.25) is 0 Å². The number of hydrogen-bond acceptors (Lipinski definition) is 2. The van der Waals surface area contributed by atoms with Gasteiger partial charge in [0, 0.05) is 6.42 Å². The van der Waals surface area contributed by atoms with Gasteiger partial charge in [0.25, 0.3) is 0 Å². The van der Waals surface area contributed by atoms with Gasteiger partial charge in [0.15, 0.2) is 0 Å². The van der Waals surface area contributed by atoms with E-state index in [0.717, 1.165) is 42.1 Å². The van der Waals surface area contributed by atoms with Crippen molar-refractivity contribution in [3.05, 3.63) is 72.8 Å². The van der Waals surface area contributed by atoms with E-state index < -0.39 is 0 Å². The van der Waals surface area contributed by atoms with Gasteiger partial charge in [-0.05, 0) is 55.5 Å². The van der Waals surface area contributed by atoms with Gasteiger partial charge >= 0.3 is 0 Å². The van der Waals surface area contributed by atoms with Gasteiger partial charge in [-0.25, -0.2) is 9.98 Å². The van der Waals surface area contributed by atoms with Gasteiger partial charge in [0.05, 0.1) is 17.1 Å². The fourth-order valence-electron chi connectivity index (χ4n) is 6.27. The smallest absolute Gasteiger partial charge is 0.139 e. The highest BCUT2D eigenvalue weighted by Crippen LogP contribution is 2.17. The topological polar surface area (TPSA) is 24.7 Å². The fraction of sp³-hybridized carbons (Fsp3) is 0.617. The summed E-state index contributed by atoms with van der Waals surface area (Å²) in [4.78, 5) is 10.0. The minimum atomic E-state index is 0.760. The fourth-order valence-corrected chi connectivity index (χ4v) is 6.27. The molecule has 0 fully saturated rings. The summed E-state index contributed by atoms with van der Waals surface area (Å²) in [5.74, 6) is 6.92. The minimum absolute atomic E-state index is 0.760. The van der Waals surface area contributed by atoms with Crippen LogP contribution >= 0.6 is 0 Å². The van der Waals surface area contributed by atoms with Crippen LogP contribution in [0.1, 0.15) is 187 Å². The molecule has 0 unspecified atom stereocenters. The molecule has 0 bridgehead atoms. The molecule has 2 aromatic carbocycles. The summed E-state index contributed by atoms with van der Waals surface area (Å²) < 4.78 is 0. The summed E-state index contributed by atoms with van der Waals surface area (Å²) in [7, 11) is 0. The van der Waals surface area contributed by atoms with Gasteiger partial charge in [0.2, 0.25) is 0 Å². The van der Waals surface area contributed by atoms with Crippen LogP contribution < -0.4 is 0 Å². The number of rotatable bonds is 30. The van der Waals surface area contributed by atoms with Crippen molar-refractivity contribution in [3.8, 4) is 11.8 Å². The average Bonchev–Trinajstić information content (AvgIpc) is 3.13. The van der Waals surface area contributed by atoms with E-state index in [2.05, 4.69) is 50.0 Å². The number of para-hydroxylation sites is 2. The van der Waals surface area contributed by atoms with E-state index in [9.17, 15) is 0 Å². The van der Waals surface area contributed by atoms with Gasteiger partial charge in [0.1, 0.15) is 5.71 Å². The van der Waals surface area contributed by atoms with Crippen molar-refractivity contribution in [3.63, 3.8) is 0 Å². The lowest BCUT2D eigenvalue weighted by Gasteiger charge is -2.04. The maximum Gasteiger partial charge on any atom is 0.139 e. The molecule has 0 aliphatic heterocycles. The Morgan fingerprint density at radius 1 is 0.469 bits per heavy atom. The first-order valence-electron chi connectivity index (χ1n) is 20.8. The standard InChI is InChI=1S/C47H72N2/c1-3-5-7-9-11-13-15-17-18-19-20-21-23-25-27-29-37-43-47(49-45-40-34-31-35-41-45)46(48-44-38-32-30-33-39-44)42-36-28-26-24-22-16-14-12-10-8-6-4-2/h30-36,38-42H,3-29H2,1-2H3. The molecule has 270 valence electrons. The summed E-state index contributed by atoms with van der Waals surface area (Å²) in [5.41, 5.74) is 3.47. The SMILES string of the molecule is CCCCCCCCCCCCC=CC(=Nc1ccccc1)C(C#CCCCCCCCCCCCCCCCCC)=Nc1ccccc1. The number of hydrogen-bond donors (Lipinski definition) is 0. The maximum atomic E-state index is 5.04. The molecule has 49 heavy (non-hydrogen) atoms. The number of nitrogens with zero attached hydrogens (tertiary/aromatic N) is 2. The Labute approximate surface area is 303 Å². The summed E-state index contributed by atoms with van der Waals surface area (Å²) in [5, 5.41) is 0. The Morgan fingerprint density at radius 3 is 1.31 bits per heavy atom. The lowest BCUT2D eigenvalue weighted by molar-refractivity contribution is 0.533. The zero-order valence-electron chi connectivity index (χ0n) is 31.9. The predicted octanol–water partition coefficient (Wildman–Crippen LogP) is 15.7. The molecule has 0 radical (unpaired) electrons. The molecule has 0 saturated heterocycles. The molecular formula is C47H72N2. The van der Waals surface area contributed by atoms with Crippen LogP contribution in [-0.4, -0.2) is 11.4 Å². The van der Waals surface area contributed by atoms with Crippen molar-refractivity contribution >= 4 is 22.8 Å². The first-order chi connectivity index (χ1) is 24.3. The highest BCUT2D eigenvalue weighted by Gasteiger charge is 2.06. The van der Waals surface area contributed by atoms with Crippen molar-refractivity contribution in [1.82, 2.24) is 0 Å². The molecule has 2 aromatic rings. The maximum absolute atomic E-state index is 5.04. The van der Waals surface area contributed by atoms with Crippen LogP contribution in [0.5, 0.6) is 0 Å². The van der Waals surface area contributed by atoms with Crippen LogP contribution in [0.15, 0.2) is 82.8 Å². The molecule has 0 atom stereocenters. The van der Waals surface area contributed by atoms with Crippen LogP contribution in [0.25, 0.3) is 0 Å². The molecule has 2 rings (SSSR count). The zero-order chi connectivity index (χ0) is 34.7. The van der Waals surface area contributed by atoms with Crippen LogP contribution in [0.4, 0.5) is 11.4 Å². The van der Waals surface area contributed by atoms with Gasteiger partial charge in [-0.3, -0.25) is 0 Å². The van der Waals surface area contributed by atoms with E-state index in [1.54, 1.807) is 0 Å². The average molecular weight is 665 g/mol. The first-order valence-corrected chi connectivity index (χ1v) is 20.8. The molecule has 0 aliphatic carbocycles. The van der Waals surface area contributed by atoms with E-state index in [1.165, 1.54) is 154 Å². The van der Waals surface area contributed by atoms with E-state index in [4.69, 9.17) is 9.98 Å². The Kier molecular flexibility index (Phi) is 27.8. The third-order valence-electron chi connectivity index (χ3n) is 9.36. The second kappa shape index (κ2) is 32.3. The quantitative estimate of drug-likeness (QED) is 0.0451. The lowest BCUT2D eigenvalue weighted by Crippen LogP contribution is -2.09. The summed E-state index contributed by atoms with van der Waals surface area (Å²) in [6.07, 6.45) is 40.7. The summed E-state index contributed by atoms with van der Waals surface area (Å²) >= 11 is 0. The Morgan fingerprint density at radius 2 is 0.857 bits per heavy atom. The van der Waals surface area contributed by atoms with E-state index in [0.29, 0.717) is 0 Å². The predicted molar refractivity (Wildman–Crippen MR) is 220 cm³/mol. The molecule has 0 aliphatic rings. The highest BCUT2D eigenvalue weighted by molar-refractivity contribution is 6.53. The third kappa shape index (κ3) is 24.8. The Balaban J connectivity index is 1.82. The van der Waals surface area contributed by atoms with Gasteiger partial charge in [-0.15, -0.1) is 0 Å². The van der Waals surface area contributed by atoms with Crippen molar-refractivity contribution in [1.29, 1.82) is 0 Å². The molecule has 0 amide bonds. The Hall–Kier alpha value is -2.92. The van der Waals surface area contributed by atoms with Crippen molar-refractivity contribution < 1.29 is 0 Å². The van der Waals surface area contributed by atoms with Gasteiger partial charge < -0.3 is 0 Å². The van der Waals surface area contributed by atoms with E-state index >= 15 is 0 Å².